The number of benzene rings is 1. The van der Waals surface area contributed by atoms with E-state index in [0.717, 1.165) is 37.1 Å². The van der Waals surface area contributed by atoms with Gasteiger partial charge >= 0.3 is 0 Å². The zero-order valence-electron chi connectivity index (χ0n) is 11.1. The zero-order chi connectivity index (χ0) is 13.0. The van der Waals surface area contributed by atoms with E-state index in [0.29, 0.717) is 6.10 Å². The molecule has 0 aliphatic carbocycles. The molecule has 0 amide bonds. The lowest BCUT2D eigenvalue weighted by Crippen LogP contribution is -2.43. The van der Waals surface area contributed by atoms with E-state index in [9.17, 15) is 0 Å². The molecule has 1 saturated heterocycles. The van der Waals surface area contributed by atoms with E-state index in [-0.39, 0.29) is 0 Å². The number of rotatable bonds is 4. The lowest BCUT2D eigenvalue weighted by molar-refractivity contribution is 0.0357. The molecule has 100 valence electrons. The van der Waals surface area contributed by atoms with E-state index in [2.05, 4.69) is 51.3 Å². The molecule has 3 nitrogen and oxygen atoms in total. The molecule has 0 aromatic heterocycles. The van der Waals surface area contributed by atoms with Crippen LogP contribution in [0.1, 0.15) is 12.0 Å². The molecule has 18 heavy (non-hydrogen) atoms. The summed E-state index contributed by atoms with van der Waals surface area (Å²) in [5, 5.41) is 3.18. The maximum atomic E-state index is 5.80. The van der Waals surface area contributed by atoms with Gasteiger partial charge in [0.15, 0.2) is 0 Å². The van der Waals surface area contributed by atoms with Gasteiger partial charge in [0.2, 0.25) is 0 Å². The Kier molecular flexibility index (Phi) is 5.03. The van der Waals surface area contributed by atoms with Crippen molar-refractivity contribution in [2.45, 2.75) is 19.4 Å². The lowest BCUT2D eigenvalue weighted by atomic mass is 10.1. The van der Waals surface area contributed by atoms with E-state index < -0.39 is 0 Å². The Morgan fingerprint density at radius 3 is 3.06 bits per heavy atom. The number of ether oxygens (including phenoxy) is 1. The number of nitrogens with zero attached hydrogens (tertiary/aromatic N) is 1. The third kappa shape index (κ3) is 3.46. The van der Waals surface area contributed by atoms with Crippen molar-refractivity contribution in [3.8, 4) is 0 Å². The molecule has 0 radical (unpaired) electrons. The van der Waals surface area contributed by atoms with Crippen molar-refractivity contribution in [2.75, 3.05) is 38.2 Å². The molecule has 1 aromatic rings. The Bertz CT molecular complexity index is 397. The SMILES string of the molecule is CNCCC1CN(c2ccc(Br)cc2C)CCO1. The molecule has 1 aliphatic rings. The molecule has 0 bridgehead atoms. The van der Waals surface area contributed by atoms with Gasteiger partial charge in [-0.25, -0.2) is 0 Å². The van der Waals surface area contributed by atoms with Crippen molar-refractivity contribution in [1.29, 1.82) is 0 Å². The smallest absolute Gasteiger partial charge is 0.0762 e. The molecule has 1 N–H and O–H groups in total. The maximum absolute atomic E-state index is 5.80. The van der Waals surface area contributed by atoms with Gasteiger partial charge < -0.3 is 15.0 Å². The normalized spacial score (nSPS) is 20.2. The van der Waals surface area contributed by atoms with Crippen LogP contribution in [-0.2, 0) is 4.74 Å². The number of hydrogen-bond acceptors (Lipinski definition) is 3. The summed E-state index contributed by atoms with van der Waals surface area (Å²) < 4.78 is 6.95. The Balaban J connectivity index is 2.03. The minimum atomic E-state index is 0.342. The van der Waals surface area contributed by atoms with E-state index >= 15 is 0 Å². The van der Waals surface area contributed by atoms with Crippen molar-refractivity contribution < 1.29 is 4.74 Å². The third-order valence-corrected chi connectivity index (χ3v) is 3.85. The van der Waals surface area contributed by atoms with Gasteiger partial charge in [0, 0.05) is 23.2 Å². The Morgan fingerprint density at radius 1 is 1.50 bits per heavy atom. The van der Waals surface area contributed by atoms with Crippen molar-refractivity contribution in [3.05, 3.63) is 28.2 Å². The fourth-order valence-corrected chi connectivity index (χ4v) is 2.87. The molecule has 1 aliphatic heterocycles. The van der Waals surface area contributed by atoms with Gasteiger partial charge in [-0.2, -0.15) is 0 Å². The van der Waals surface area contributed by atoms with E-state index in [1.807, 2.05) is 7.05 Å². The molecule has 1 fully saturated rings. The number of anilines is 1. The van der Waals surface area contributed by atoms with Gasteiger partial charge in [-0.05, 0) is 50.7 Å². The standard InChI is InChI=1S/C14H21BrN2O/c1-11-9-12(15)3-4-14(11)17-7-8-18-13(10-17)5-6-16-2/h3-4,9,13,16H,5-8,10H2,1-2H3. The highest BCUT2D eigenvalue weighted by Gasteiger charge is 2.21. The Labute approximate surface area is 118 Å². The predicted molar refractivity (Wildman–Crippen MR) is 79.4 cm³/mol. The molecule has 1 atom stereocenters. The average Bonchev–Trinajstić information content (AvgIpc) is 2.36. The van der Waals surface area contributed by atoms with Crippen LogP contribution in [0.15, 0.2) is 22.7 Å². The predicted octanol–water partition coefficient (Wildman–Crippen LogP) is 2.57. The van der Waals surface area contributed by atoms with Crippen molar-refractivity contribution in [1.82, 2.24) is 5.32 Å². The second kappa shape index (κ2) is 6.55. The van der Waals surface area contributed by atoms with Gasteiger partial charge in [-0.15, -0.1) is 0 Å². The molecule has 1 unspecified atom stereocenters. The van der Waals surface area contributed by atoms with Gasteiger partial charge in [-0.1, -0.05) is 15.9 Å². The summed E-state index contributed by atoms with van der Waals surface area (Å²) in [7, 11) is 1.99. The van der Waals surface area contributed by atoms with Gasteiger partial charge in [0.1, 0.15) is 0 Å². The fraction of sp³-hybridized carbons (Fsp3) is 0.571. The molecule has 1 heterocycles. The van der Waals surface area contributed by atoms with Crippen molar-refractivity contribution in [3.63, 3.8) is 0 Å². The highest BCUT2D eigenvalue weighted by molar-refractivity contribution is 9.10. The topological polar surface area (TPSA) is 24.5 Å². The van der Waals surface area contributed by atoms with Crippen LogP contribution in [0.4, 0.5) is 5.69 Å². The number of morpholine rings is 1. The number of nitrogens with one attached hydrogen (secondary N) is 1. The van der Waals surface area contributed by atoms with Crippen LogP contribution in [0.25, 0.3) is 0 Å². The van der Waals surface area contributed by atoms with Crippen LogP contribution < -0.4 is 10.2 Å². The van der Waals surface area contributed by atoms with Crippen molar-refractivity contribution >= 4 is 21.6 Å². The number of halogens is 1. The first kappa shape index (κ1) is 13.8. The zero-order valence-corrected chi connectivity index (χ0v) is 12.7. The minimum absolute atomic E-state index is 0.342. The third-order valence-electron chi connectivity index (χ3n) is 3.35. The van der Waals surface area contributed by atoms with E-state index in [1.165, 1.54) is 11.3 Å². The van der Waals surface area contributed by atoms with E-state index in [1.54, 1.807) is 0 Å². The average molecular weight is 313 g/mol. The summed E-state index contributed by atoms with van der Waals surface area (Å²) in [4.78, 5) is 2.44. The van der Waals surface area contributed by atoms with Crippen LogP contribution in [0, 0.1) is 6.92 Å². The van der Waals surface area contributed by atoms with E-state index in [4.69, 9.17) is 4.74 Å². The largest absolute Gasteiger partial charge is 0.374 e. The molecular weight excluding hydrogens is 292 g/mol. The number of hydrogen-bond donors (Lipinski definition) is 1. The van der Waals surface area contributed by atoms with Gasteiger partial charge in [0.25, 0.3) is 0 Å². The summed E-state index contributed by atoms with van der Waals surface area (Å²) in [6, 6.07) is 6.48. The first-order valence-corrected chi connectivity index (χ1v) is 7.27. The fourth-order valence-electron chi connectivity index (χ4n) is 2.39. The molecule has 1 aromatic carbocycles. The van der Waals surface area contributed by atoms with Gasteiger partial charge in [0.05, 0.1) is 12.7 Å². The summed E-state index contributed by atoms with van der Waals surface area (Å²) in [5.41, 5.74) is 2.65. The first-order chi connectivity index (χ1) is 8.70. The van der Waals surface area contributed by atoms with Crippen LogP contribution in [-0.4, -0.2) is 39.4 Å². The highest BCUT2D eigenvalue weighted by Crippen LogP contribution is 2.25. The first-order valence-electron chi connectivity index (χ1n) is 6.48. The van der Waals surface area contributed by atoms with Crippen LogP contribution in [0.5, 0.6) is 0 Å². The monoisotopic (exact) mass is 312 g/mol. The lowest BCUT2D eigenvalue weighted by Gasteiger charge is -2.35. The van der Waals surface area contributed by atoms with Crippen LogP contribution >= 0.6 is 15.9 Å². The quantitative estimate of drug-likeness (QED) is 0.925. The molecular formula is C14H21BrN2O. The molecule has 0 saturated carbocycles. The summed E-state index contributed by atoms with van der Waals surface area (Å²) in [5.74, 6) is 0. The summed E-state index contributed by atoms with van der Waals surface area (Å²) in [6.45, 7) is 5.97. The molecule has 4 heteroatoms. The second-order valence-corrected chi connectivity index (χ2v) is 5.68. The van der Waals surface area contributed by atoms with Crippen molar-refractivity contribution in [2.24, 2.45) is 0 Å². The summed E-state index contributed by atoms with van der Waals surface area (Å²) in [6.07, 6.45) is 1.41. The Morgan fingerprint density at radius 2 is 2.33 bits per heavy atom. The van der Waals surface area contributed by atoms with Crippen LogP contribution in [0.2, 0.25) is 0 Å². The van der Waals surface area contributed by atoms with Gasteiger partial charge in [-0.3, -0.25) is 0 Å². The number of aryl methyl sites for hydroxylation is 1. The summed E-state index contributed by atoms with van der Waals surface area (Å²) >= 11 is 3.51. The second-order valence-electron chi connectivity index (χ2n) is 4.76. The molecule has 0 spiro atoms. The Hall–Kier alpha value is -0.580. The van der Waals surface area contributed by atoms with Crippen LogP contribution in [0.3, 0.4) is 0 Å². The maximum Gasteiger partial charge on any atom is 0.0762 e. The molecule has 2 rings (SSSR count). The minimum Gasteiger partial charge on any atom is -0.374 e. The highest BCUT2D eigenvalue weighted by atomic mass is 79.9.